The predicted molar refractivity (Wildman–Crippen MR) is 122 cm³/mol. The Hall–Kier alpha value is -2.31. The lowest BCUT2D eigenvalue weighted by molar-refractivity contribution is 0.102. The number of hydrogen-bond donors (Lipinski definition) is 1. The van der Waals surface area contributed by atoms with Crippen molar-refractivity contribution in [3.63, 3.8) is 0 Å². The summed E-state index contributed by atoms with van der Waals surface area (Å²) in [5.74, 6) is -0.882. The van der Waals surface area contributed by atoms with Gasteiger partial charge in [0.25, 0.3) is 15.9 Å². The molecule has 168 valence electrons. The smallest absolute Gasteiger partial charge is 0.272 e. The Morgan fingerprint density at radius 1 is 1.03 bits per heavy atom. The third kappa shape index (κ3) is 4.86. The van der Waals surface area contributed by atoms with Gasteiger partial charge in [0.2, 0.25) is 9.47 Å². The molecule has 4 rings (SSSR count). The summed E-state index contributed by atoms with van der Waals surface area (Å²) in [6.07, 6.45) is 0. The highest BCUT2D eigenvalue weighted by Crippen LogP contribution is 2.27. The van der Waals surface area contributed by atoms with Crippen molar-refractivity contribution in [2.75, 3.05) is 36.4 Å². The van der Waals surface area contributed by atoms with Gasteiger partial charge in [0.15, 0.2) is 0 Å². The molecular formula is C19H16Cl2FN5O3S2. The molecule has 13 heteroatoms. The maximum Gasteiger partial charge on any atom is 0.272 e. The molecule has 0 aliphatic carbocycles. The van der Waals surface area contributed by atoms with E-state index in [1.165, 1.54) is 34.6 Å². The van der Waals surface area contributed by atoms with E-state index in [0.29, 0.717) is 18.1 Å². The van der Waals surface area contributed by atoms with Gasteiger partial charge in [-0.2, -0.15) is 4.31 Å². The van der Waals surface area contributed by atoms with E-state index in [1.807, 2.05) is 4.90 Å². The SMILES string of the molecule is O=C(Nc1nnc(S(=O)(=O)N2CCN(c3ccc(F)cc3)CC2)s1)c1ccc(Cl)cc1Cl. The van der Waals surface area contributed by atoms with E-state index in [9.17, 15) is 17.6 Å². The standard InChI is InChI=1S/C19H16Cl2FN5O3S2/c20-12-1-6-15(16(21)11-12)17(28)23-18-24-25-19(31-18)32(29,30)27-9-7-26(8-10-27)14-4-2-13(22)3-5-14/h1-6,11H,7-10H2,(H,23,24,28). The highest BCUT2D eigenvalue weighted by atomic mass is 35.5. The van der Waals surface area contributed by atoms with Gasteiger partial charge in [-0.3, -0.25) is 10.1 Å². The van der Waals surface area contributed by atoms with Crippen LogP contribution >= 0.6 is 34.5 Å². The molecule has 0 unspecified atom stereocenters. The largest absolute Gasteiger partial charge is 0.369 e. The zero-order valence-corrected chi connectivity index (χ0v) is 19.5. The second-order valence-electron chi connectivity index (χ2n) is 6.82. The number of nitrogens with zero attached hydrogens (tertiary/aromatic N) is 4. The van der Waals surface area contributed by atoms with Crippen molar-refractivity contribution in [3.8, 4) is 0 Å². The Labute approximate surface area is 197 Å². The second-order valence-corrected chi connectivity index (χ2v) is 10.8. The molecule has 3 aromatic rings. The van der Waals surface area contributed by atoms with E-state index in [0.717, 1.165) is 17.0 Å². The number of benzene rings is 2. The molecule has 0 saturated carbocycles. The van der Waals surface area contributed by atoms with E-state index >= 15 is 0 Å². The summed E-state index contributed by atoms with van der Waals surface area (Å²) in [5.41, 5.74) is 0.998. The Morgan fingerprint density at radius 3 is 2.38 bits per heavy atom. The zero-order valence-electron chi connectivity index (χ0n) is 16.3. The van der Waals surface area contributed by atoms with Gasteiger partial charge >= 0.3 is 0 Å². The van der Waals surface area contributed by atoms with Gasteiger partial charge in [-0.05, 0) is 42.5 Å². The highest BCUT2D eigenvalue weighted by Gasteiger charge is 2.32. The number of hydrogen-bond acceptors (Lipinski definition) is 7. The Morgan fingerprint density at radius 2 is 1.72 bits per heavy atom. The third-order valence-corrected chi connectivity index (χ3v) is 8.42. The third-order valence-electron chi connectivity index (χ3n) is 4.79. The minimum absolute atomic E-state index is 0.0320. The van der Waals surface area contributed by atoms with Crippen molar-refractivity contribution in [2.45, 2.75) is 4.34 Å². The number of rotatable bonds is 5. The maximum absolute atomic E-state index is 13.1. The molecule has 1 aliphatic rings. The lowest BCUT2D eigenvalue weighted by Gasteiger charge is -2.34. The van der Waals surface area contributed by atoms with E-state index < -0.39 is 15.9 Å². The number of anilines is 2. The first kappa shape index (κ1) is 22.9. The Bertz CT molecular complexity index is 1250. The van der Waals surface area contributed by atoms with Crippen LogP contribution in [0.15, 0.2) is 46.8 Å². The molecule has 2 aromatic carbocycles. The van der Waals surface area contributed by atoms with Crippen molar-refractivity contribution in [1.82, 2.24) is 14.5 Å². The average Bonchev–Trinajstić information content (AvgIpc) is 3.23. The van der Waals surface area contributed by atoms with Gasteiger partial charge in [-0.15, -0.1) is 10.2 Å². The number of aromatic nitrogens is 2. The number of sulfonamides is 1. The summed E-state index contributed by atoms with van der Waals surface area (Å²) in [6.45, 7) is 1.37. The Kier molecular flexibility index (Phi) is 6.63. The maximum atomic E-state index is 13.1. The molecule has 1 N–H and O–H groups in total. The fraction of sp³-hybridized carbons (Fsp3) is 0.211. The number of piperazine rings is 1. The number of amides is 1. The summed E-state index contributed by atoms with van der Waals surface area (Å²) in [4.78, 5) is 14.4. The molecule has 32 heavy (non-hydrogen) atoms. The molecule has 1 aliphatic heterocycles. The molecule has 1 amide bonds. The number of nitrogens with one attached hydrogen (secondary N) is 1. The molecule has 0 bridgehead atoms. The molecule has 1 saturated heterocycles. The Balaban J connectivity index is 1.42. The fourth-order valence-electron chi connectivity index (χ4n) is 3.15. The van der Waals surface area contributed by atoms with Crippen LogP contribution < -0.4 is 10.2 Å². The summed E-state index contributed by atoms with van der Waals surface area (Å²) >= 11 is 12.6. The summed E-state index contributed by atoms with van der Waals surface area (Å²) in [6, 6.07) is 10.5. The predicted octanol–water partition coefficient (Wildman–Crippen LogP) is 3.75. The molecule has 8 nitrogen and oxygen atoms in total. The molecular weight excluding hydrogens is 500 g/mol. The van der Waals surface area contributed by atoms with Crippen LogP contribution in [-0.4, -0.2) is 55.0 Å². The van der Waals surface area contributed by atoms with Crippen LogP contribution in [0.2, 0.25) is 10.0 Å². The van der Waals surface area contributed by atoms with Gasteiger partial charge in [-0.25, -0.2) is 12.8 Å². The lowest BCUT2D eigenvalue weighted by atomic mass is 10.2. The van der Waals surface area contributed by atoms with Crippen molar-refractivity contribution in [3.05, 3.63) is 63.9 Å². The minimum atomic E-state index is -3.87. The van der Waals surface area contributed by atoms with Crippen LogP contribution in [0.1, 0.15) is 10.4 Å². The highest BCUT2D eigenvalue weighted by molar-refractivity contribution is 7.91. The first-order chi connectivity index (χ1) is 15.2. The van der Waals surface area contributed by atoms with Crippen LogP contribution in [0.4, 0.5) is 15.2 Å². The van der Waals surface area contributed by atoms with E-state index in [4.69, 9.17) is 23.2 Å². The zero-order chi connectivity index (χ0) is 22.9. The van der Waals surface area contributed by atoms with E-state index in [1.54, 1.807) is 12.1 Å². The quantitative estimate of drug-likeness (QED) is 0.520. The normalized spacial score (nSPS) is 15.0. The fourth-order valence-corrected chi connectivity index (χ4v) is 6.10. The first-order valence-corrected chi connectivity index (χ1v) is 12.4. The summed E-state index contributed by atoms with van der Waals surface area (Å²) in [5, 5.41) is 10.6. The number of halogens is 3. The van der Waals surface area contributed by atoms with Crippen molar-refractivity contribution < 1.29 is 17.6 Å². The van der Waals surface area contributed by atoms with Gasteiger partial charge in [0.05, 0.1) is 10.6 Å². The summed E-state index contributed by atoms with van der Waals surface area (Å²) in [7, 11) is -3.87. The van der Waals surface area contributed by atoms with E-state index in [2.05, 4.69) is 15.5 Å². The lowest BCUT2D eigenvalue weighted by Crippen LogP contribution is -2.48. The minimum Gasteiger partial charge on any atom is -0.369 e. The molecule has 2 heterocycles. The van der Waals surface area contributed by atoms with Crippen molar-refractivity contribution in [1.29, 1.82) is 0 Å². The van der Waals surface area contributed by atoms with E-state index in [-0.39, 0.29) is 39.0 Å². The molecule has 0 atom stereocenters. The monoisotopic (exact) mass is 515 g/mol. The number of carbonyl (C=O) groups excluding carboxylic acids is 1. The van der Waals surface area contributed by atoms with Gasteiger partial charge in [-0.1, -0.05) is 34.5 Å². The van der Waals surface area contributed by atoms with Crippen LogP contribution in [0.3, 0.4) is 0 Å². The molecule has 0 radical (unpaired) electrons. The number of carbonyl (C=O) groups is 1. The van der Waals surface area contributed by atoms with Gasteiger partial charge in [0, 0.05) is 36.9 Å². The van der Waals surface area contributed by atoms with Crippen LogP contribution in [0.5, 0.6) is 0 Å². The van der Waals surface area contributed by atoms with Crippen molar-refractivity contribution in [2.24, 2.45) is 0 Å². The van der Waals surface area contributed by atoms with Crippen LogP contribution in [0, 0.1) is 5.82 Å². The molecule has 0 spiro atoms. The van der Waals surface area contributed by atoms with Crippen LogP contribution in [-0.2, 0) is 10.0 Å². The van der Waals surface area contributed by atoms with Crippen LogP contribution in [0.25, 0.3) is 0 Å². The molecule has 1 aromatic heterocycles. The topological polar surface area (TPSA) is 95.5 Å². The average molecular weight is 516 g/mol. The van der Waals surface area contributed by atoms with Gasteiger partial charge < -0.3 is 4.90 Å². The first-order valence-electron chi connectivity index (χ1n) is 9.34. The summed E-state index contributed by atoms with van der Waals surface area (Å²) < 4.78 is 40.1. The molecule has 1 fully saturated rings. The van der Waals surface area contributed by atoms with Gasteiger partial charge in [0.1, 0.15) is 5.82 Å². The second kappa shape index (κ2) is 9.28. The van der Waals surface area contributed by atoms with Crippen molar-refractivity contribution >= 4 is 61.3 Å².